The van der Waals surface area contributed by atoms with Gasteiger partial charge in [-0.1, -0.05) is 6.07 Å². The van der Waals surface area contributed by atoms with Crippen LogP contribution in [0.15, 0.2) is 36.5 Å². The van der Waals surface area contributed by atoms with Crippen molar-refractivity contribution < 1.29 is 24.2 Å². The second-order valence-corrected chi connectivity index (χ2v) is 6.87. The van der Waals surface area contributed by atoms with E-state index in [0.29, 0.717) is 17.1 Å². The van der Waals surface area contributed by atoms with Gasteiger partial charge in [0.05, 0.1) is 24.8 Å². The highest BCUT2D eigenvalue weighted by Gasteiger charge is 2.20. The van der Waals surface area contributed by atoms with Crippen LogP contribution in [0, 0.1) is 0 Å². The summed E-state index contributed by atoms with van der Waals surface area (Å²) in [6.45, 7) is 1.86. The Morgan fingerprint density at radius 3 is 2.54 bits per heavy atom. The number of amides is 1. The lowest BCUT2D eigenvalue weighted by atomic mass is 10.1. The first kappa shape index (κ1) is 19.7. The Morgan fingerprint density at radius 2 is 1.93 bits per heavy atom. The minimum absolute atomic E-state index is 0.104. The molecule has 1 saturated carbocycles. The predicted molar refractivity (Wildman–Crippen MR) is 103 cm³/mol. The van der Waals surface area contributed by atoms with E-state index in [-0.39, 0.29) is 23.7 Å². The number of carbonyl (C=O) groups is 2. The molecule has 1 unspecified atom stereocenters. The molecule has 0 spiro atoms. The number of pyridine rings is 1. The Bertz CT molecular complexity index is 844. The van der Waals surface area contributed by atoms with Crippen molar-refractivity contribution in [3.8, 4) is 11.5 Å². The number of carboxylic acids is 1. The van der Waals surface area contributed by atoms with Crippen molar-refractivity contribution in [2.45, 2.75) is 44.8 Å². The summed E-state index contributed by atoms with van der Waals surface area (Å²) in [4.78, 5) is 27.0. The van der Waals surface area contributed by atoms with Crippen LogP contribution in [0.4, 0.5) is 0 Å². The molecule has 0 bridgehead atoms. The van der Waals surface area contributed by atoms with Crippen LogP contribution in [0.25, 0.3) is 0 Å². The standard InChI is InChI=1S/C21H24N2O5/c1-13(23-20(24)15-7-9-17(21(25)26)22-12-15)14-8-10-18(19(11-14)27-2)28-16-5-3-4-6-16/h7-13,16H,3-6H2,1-2H3,(H,23,24)(H,25,26). The molecule has 0 radical (unpaired) electrons. The van der Waals surface area contributed by atoms with E-state index in [9.17, 15) is 9.59 Å². The first-order valence-corrected chi connectivity index (χ1v) is 9.32. The Balaban J connectivity index is 1.68. The molecule has 1 aliphatic carbocycles. The molecular weight excluding hydrogens is 360 g/mol. The third kappa shape index (κ3) is 4.60. The van der Waals surface area contributed by atoms with Crippen LogP contribution < -0.4 is 14.8 Å². The van der Waals surface area contributed by atoms with E-state index in [0.717, 1.165) is 18.4 Å². The van der Waals surface area contributed by atoms with E-state index in [1.807, 2.05) is 25.1 Å². The van der Waals surface area contributed by atoms with Crippen molar-refractivity contribution in [2.24, 2.45) is 0 Å². The number of aromatic nitrogens is 1. The predicted octanol–water partition coefficient (Wildman–Crippen LogP) is 3.60. The minimum atomic E-state index is -1.13. The zero-order valence-electron chi connectivity index (χ0n) is 16.0. The molecule has 148 valence electrons. The second-order valence-electron chi connectivity index (χ2n) is 6.87. The molecular formula is C21H24N2O5. The summed E-state index contributed by atoms with van der Waals surface area (Å²) in [6, 6.07) is 8.11. The fourth-order valence-electron chi connectivity index (χ4n) is 3.25. The van der Waals surface area contributed by atoms with E-state index in [1.54, 1.807) is 7.11 Å². The normalized spacial score (nSPS) is 15.1. The molecule has 7 heteroatoms. The molecule has 1 amide bonds. The van der Waals surface area contributed by atoms with Gasteiger partial charge in [-0.15, -0.1) is 0 Å². The highest BCUT2D eigenvalue weighted by atomic mass is 16.5. The lowest BCUT2D eigenvalue weighted by Gasteiger charge is -2.19. The fourth-order valence-corrected chi connectivity index (χ4v) is 3.25. The lowest BCUT2D eigenvalue weighted by Crippen LogP contribution is -2.27. The Labute approximate surface area is 163 Å². The van der Waals surface area contributed by atoms with Gasteiger partial charge < -0.3 is 19.9 Å². The van der Waals surface area contributed by atoms with Crippen LogP contribution in [0.1, 0.15) is 65.1 Å². The van der Waals surface area contributed by atoms with Gasteiger partial charge in [0.15, 0.2) is 11.5 Å². The van der Waals surface area contributed by atoms with Crippen molar-refractivity contribution in [3.05, 3.63) is 53.3 Å². The molecule has 1 aliphatic rings. The molecule has 7 nitrogen and oxygen atoms in total. The quantitative estimate of drug-likeness (QED) is 0.757. The third-order valence-electron chi connectivity index (χ3n) is 4.88. The van der Waals surface area contributed by atoms with Crippen LogP contribution in [0.3, 0.4) is 0 Å². The average molecular weight is 384 g/mol. The summed E-state index contributed by atoms with van der Waals surface area (Å²) in [5, 5.41) is 11.8. The molecule has 1 heterocycles. The van der Waals surface area contributed by atoms with Crippen LogP contribution in [-0.4, -0.2) is 35.2 Å². The number of ether oxygens (including phenoxy) is 2. The molecule has 28 heavy (non-hydrogen) atoms. The highest BCUT2D eigenvalue weighted by Crippen LogP contribution is 2.33. The van der Waals surface area contributed by atoms with Crippen molar-refractivity contribution in [1.29, 1.82) is 0 Å². The zero-order chi connectivity index (χ0) is 20.1. The SMILES string of the molecule is COc1cc(C(C)NC(=O)c2ccc(C(=O)O)nc2)ccc1OC1CCCC1. The van der Waals surface area contributed by atoms with Crippen LogP contribution in [0.5, 0.6) is 11.5 Å². The fraction of sp³-hybridized carbons (Fsp3) is 0.381. The van der Waals surface area contributed by atoms with Gasteiger partial charge >= 0.3 is 5.97 Å². The van der Waals surface area contributed by atoms with Gasteiger partial charge in [0.1, 0.15) is 5.69 Å². The molecule has 0 aliphatic heterocycles. The monoisotopic (exact) mass is 384 g/mol. The Kier molecular flexibility index (Phi) is 6.13. The molecule has 1 atom stereocenters. The van der Waals surface area contributed by atoms with E-state index in [4.69, 9.17) is 14.6 Å². The molecule has 1 aromatic heterocycles. The summed E-state index contributed by atoms with van der Waals surface area (Å²) in [5.41, 5.74) is 1.07. The van der Waals surface area contributed by atoms with Crippen molar-refractivity contribution >= 4 is 11.9 Å². The van der Waals surface area contributed by atoms with Crippen molar-refractivity contribution in [1.82, 2.24) is 10.3 Å². The number of hydrogen-bond donors (Lipinski definition) is 2. The maximum Gasteiger partial charge on any atom is 0.354 e. The van der Waals surface area contributed by atoms with Crippen molar-refractivity contribution in [3.63, 3.8) is 0 Å². The van der Waals surface area contributed by atoms with Crippen molar-refractivity contribution in [2.75, 3.05) is 7.11 Å². The smallest absolute Gasteiger partial charge is 0.354 e. The molecule has 1 fully saturated rings. The number of carbonyl (C=O) groups excluding carboxylic acids is 1. The number of nitrogens with zero attached hydrogens (tertiary/aromatic N) is 1. The minimum Gasteiger partial charge on any atom is -0.493 e. The van der Waals surface area contributed by atoms with Gasteiger partial charge in [0, 0.05) is 6.20 Å². The van der Waals surface area contributed by atoms with Crippen LogP contribution in [0.2, 0.25) is 0 Å². The maximum absolute atomic E-state index is 12.4. The first-order chi connectivity index (χ1) is 13.5. The summed E-state index contributed by atoms with van der Waals surface area (Å²) in [6.07, 6.45) is 5.99. The van der Waals surface area contributed by atoms with Gasteiger partial charge in [-0.3, -0.25) is 4.79 Å². The number of aromatic carboxylic acids is 1. The largest absolute Gasteiger partial charge is 0.493 e. The molecule has 2 aromatic rings. The summed E-state index contributed by atoms with van der Waals surface area (Å²) in [7, 11) is 1.60. The number of carboxylic acid groups (broad SMARTS) is 1. The van der Waals surface area contributed by atoms with Gasteiger partial charge in [-0.2, -0.15) is 0 Å². The number of nitrogens with one attached hydrogen (secondary N) is 1. The Morgan fingerprint density at radius 1 is 1.18 bits per heavy atom. The molecule has 2 N–H and O–H groups in total. The third-order valence-corrected chi connectivity index (χ3v) is 4.88. The topological polar surface area (TPSA) is 97.8 Å². The number of rotatable bonds is 7. The molecule has 0 saturated heterocycles. The second kappa shape index (κ2) is 8.73. The van der Waals surface area contributed by atoms with E-state index in [1.165, 1.54) is 31.2 Å². The van der Waals surface area contributed by atoms with Gasteiger partial charge in [-0.25, -0.2) is 9.78 Å². The van der Waals surface area contributed by atoms with Crippen LogP contribution >= 0.6 is 0 Å². The van der Waals surface area contributed by atoms with Crippen LogP contribution in [-0.2, 0) is 0 Å². The number of methoxy groups -OCH3 is 1. The van der Waals surface area contributed by atoms with Gasteiger partial charge in [-0.05, 0) is 62.4 Å². The Hall–Kier alpha value is -3.09. The summed E-state index contributed by atoms with van der Waals surface area (Å²) < 4.78 is 11.5. The van der Waals surface area contributed by atoms with Gasteiger partial charge in [0.2, 0.25) is 0 Å². The summed E-state index contributed by atoms with van der Waals surface area (Å²) >= 11 is 0. The lowest BCUT2D eigenvalue weighted by molar-refractivity contribution is 0.0689. The highest BCUT2D eigenvalue weighted by molar-refractivity contribution is 5.95. The molecule has 3 rings (SSSR count). The summed E-state index contributed by atoms with van der Waals surface area (Å²) in [5.74, 6) is -0.113. The molecule has 1 aromatic carbocycles. The average Bonchev–Trinajstić information content (AvgIpc) is 3.21. The maximum atomic E-state index is 12.4. The van der Waals surface area contributed by atoms with Gasteiger partial charge in [0.25, 0.3) is 5.91 Å². The van der Waals surface area contributed by atoms with E-state index >= 15 is 0 Å². The first-order valence-electron chi connectivity index (χ1n) is 9.32. The van der Waals surface area contributed by atoms with E-state index < -0.39 is 5.97 Å². The number of hydrogen-bond acceptors (Lipinski definition) is 5. The zero-order valence-corrected chi connectivity index (χ0v) is 16.0. The number of benzene rings is 1. The van der Waals surface area contributed by atoms with E-state index in [2.05, 4.69) is 10.3 Å².